The summed E-state index contributed by atoms with van der Waals surface area (Å²) in [5, 5.41) is 27.8. The number of carbonyl (C=O) groups excluding carboxylic acids is 2. The number of aromatic nitrogens is 1. The smallest absolute Gasteiger partial charge is 0.281 e. The molecule has 0 saturated carbocycles. The number of pyridine rings is 1. The van der Waals surface area contributed by atoms with E-state index in [9.17, 15) is 24.8 Å². The number of azo groups is 1. The van der Waals surface area contributed by atoms with E-state index in [0.29, 0.717) is 0 Å². The highest BCUT2D eigenvalue weighted by molar-refractivity contribution is 6.39. The third-order valence-electron chi connectivity index (χ3n) is 5.34. The number of nitrogens with zero attached hydrogens (tertiary/aromatic N) is 4. The van der Waals surface area contributed by atoms with E-state index in [0.717, 1.165) is 4.57 Å². The highest BCUT2D eigenvalue weighted by Crippen LogP contribution is 2.37. The number of nitriles is 1. The number of aromatic hydroxyl groups is 1. The normalized spacial score (nSPS) is 12.6. The molecule has 158 valence electrons. The van der Waals surface area contributed by atoms with Crippen molar-refractivity contribution in [1.29, 1.82) is 5.26 Å². The van der Waals surface area contributed by atoms with E-state index >= 15 is 0 Å². The van der Waals surface area contributed by atoms with E-state index in [1.54, 1.807) is 25.1 Å². The van der Waals surface area contributed by atoms with Crippen molar-refractivity contribution in [1.82, 2.24) is 4.57 Å². The van der Waals surface area contributed by atoms with Crippen molar-refractivity contribution in [2.45, 2.75) is 20.4 Å². The molecule has 2 aromatic carbocycles. The zero-order valence-corrected chi connectivity index (χ0v) is 17.8. The number of halogens is 1. The molecule has 0 saturated heterocycles. The van der Waals surface area contributed by atoms with Crippen molar-refractivity contribution in [3.05, 3.63) is 85.2 Å². The fourth-order valence-corrected chi connectivity index (χ4v) is 3.98. The van der Waals surface area contributed by atoms with Gasteiger partial charge >= 0.3 is 0 Å². The van der Waals surface area contributed by atoms with E-state index in [1.165, 1.54) is 25.1 Å². The van der Waals surface area contributed by atoms with Crippen LogP contribution in [0.3, 0.4) is 0 Å². The maximum atomic E-state index is 13.2. The number of ketones is 2. The topological polar surface area (TPSA) is 125 Å². The number of hydrogen-bond acceptors (Lipinski definition) is 7. The summed E-state index contributed by atoms with van der Waals surface area (Å²) in [4.78, 5) is 38.9. The van der Waals surface area contributed by atoms with Crippen LogP contribution in [0.5, 0.6) is 5.88 Å². The average molecular weight is 447 g/mol. The first-order valence-electron chi connectivity index (χ1n) is 9.60. The molecule has 0 radical (unpaired) electrons. The van der Waals surface area contributed by atoms with Gasteiger partial charge in [0.1, 0.15) is 11.6 Å². The van der Waals surface area contributed by atoms with Gasteiger partial charge in [0.2, 0.25) is 5.88 Å². The van der Waals surface area contributed by atoms with Crippen LogP contribution in [0.1, 0.15) is 49.9 Å². The van der Waals surface area contributed by atoms with E-state index in [4.69, 9.17) is 11.6 Å². The first-order chi connectivity index (χ1) is 15.3. The van der Waals surface area contributed by atoms with Gasteiger partial charge in [0.15, 0.2) is 17.3 Å². The summed E-state index contributed by atoms with van der Waals surface area (Å²) in [5.74, 6) is -1.28. The van der Waals surface area contributed by atoms with Gasteiger partial charge in [-0.1, -0.05) is 35.9 Å². The zero-order chi connectivity index (χ0) is 23.2. The van der Waals surface area contributed by atoms with Gasteiger partial charge < -0.3 is 5.11 Å². The standard InChI is InChI=1S/C23H15ClN4O4/c1-3-28-22(31)14(10-25)11(2)19(23(28)32)27-26-16-9-5-7-13-18(16)21(30)12-6-4-8-15(24)17(12)20(13)29/h4-9,31H,3H2,1-2H3. The molecule has 0 fully saturated rings. The summed E-state index contributed by atoms with van der Waals surface area (Å²) >= 11 is 6.16. The highest BCUT2D eigenvalue weighted by atomic mass is 35.5. The third-order valence-corrected chi connectivity index (χ3v) is 5.66. The Hall–Kier alpha value is -4.09. The first kappa shape index (κ1) is 21.2. The SMILES string of the molecule is CCn1c(O)c(C#N)c(C)c(N=Nc2cccc3c2C(=O)c2cccc(Cl)c2C3=O)c1=O. The Balaban J connectivity index is 1.90. The van der Waals surface area contributed by atoms with Gasteiger partial charge in [-0.15, -0.1) is 10.2 Å². The molecule has 8 nitrogen and oxygen atoms in total. The number of rotatable bonds is 3. The minimum absolute atomic E-state index is 0.0590. The second kappa shape index (κ2) is 7.87. The summed E-state index contributed by atoms with van der Waals surface area (Å²) < 4.78 is 1.01. The molecule has 0 atom stereocenters. The van der Waals surface area contributed by atoms with Crippen LogP contribution in [0.2, 0.25) is 5.02 Å². The van der Waals surface area contributed by atoms with Gasteiger partial charge in [-0.05, 0) is 26.0 Å². The molecular weight excluding hydrogens is 432 g/mol. The lowest BCUT2D eigenvalue weighted by Gasteiger charge is -2.19. The second-order valence-electron chi connectivity index (χ2n) is 7.05. The lowest BCUT2D eigenvalue weighted by atomic mass is 9.83. The van der Waals surface area contributed by atoms with Gasteiger partial charge in [-0.25, -0.2) is 0 Å². The molecule has 0 unspecified atom stereocenters. The van der Waals surface area contributed by atoms with Crippen molar-refractivity contribution in [2.75, 3.05) is 0 Å². The fraction of sp³-hybridized carbons (Fsp3) is 0.130. The third kappa shape index (κ3) is 3.02. The molecule has 0 aliphatic heterocycles. The Bertz CT molecular complexity index is 1460. The van der Waals surface area contributed by atoms with Gasteiger partial charge in [0.05, 0.1) is 21.8 Å². The van der Waals surface area contributed by atoms with Gasteiger partial charge in [0, 0.05) is 23.2 Å². The molecule has 1 heterocycles. The maximum absolute atomic E-state index is 13.2. The molecule has 9 heteroatoms. The number of hydrogen-bond donors (Lipinski definition) is 1. The zero-order valence-electron chi connectivity index (χ0n) is 17.0. The Morgan fingerprint density at radius 1 is 1.03 bits per heavy atom. The lowest BCUT2D eigenvalue weighted by Crippen LogP contribution is -2.21. The lowest BCUT2D eigenvalue weighted by molar-refractivity contribution is 0.0979. The first-order valence-corrected chi connectivity index (χ1v) is 9.98. The molecular formula is C23H15ClN4O4. The van der Waals surface area contributed by atoms with Crippen LogP contribution in [0.4, 0.5) is 11.4 Å². The maximum Gasteiger partial charge on any atom is 0.281 e. The quantitative estimate of drug-likeness (QED) is 0.460. The Labute approximate surface area is 187 Å². The molecule has 32 heavy (non-hydrogen) atoms. The number of carbonyl (C=O) groups is 2. The van der Waals surface area contributed by atoms with Crippen molar-refractivity contribution in [2.24, 2.45) is 10.2 Å². The molecule has 0 amide bonds. The van der Waals surface area contributed by atoms with Crippen LogP contribution in [-0.4, -0.2) is 21.2 Å². The van der Waals surface area contributed by atoms with Crippen molar-refractivity contribution in [3.63, 3.8) is 0 Å². The Morgan fingerprint density at radius 3 is 2.31 bits per heavy atom. The van der Waals surface area contributed by atoms with E-state index in [-0.39, 0.29) is 56.3 Å². The average Bonchev–Trinajstić information content (AvgIpc) is 2.77. The molecule has 1 N–H and O–H groups in total. The molecule has 1 aromatic heterocycles. The molecule has 1 aliphatic carbocycles. The Morgan fingerprint density at radius 2 is 1.66 bits per heavy atom. The number of fused-ring (bicyclic) bond motifs is 2. The van der Waals surface area contributed by atoms with Gasteiger partial charge in [-0.3, -0.25) is 19.0 Å². The van der Waals surface area contributed by atoms with Crippen molar-refractivity contribution in [3.8, 4) is 11.9 Å². The predicted octanol–water partition coefficient (Wildman–Crippen LogP) is 4.60. The van der Waals surface area contributed by atoms with Crippen LogP contribution in [0.25, 0.3) is 0 Å². The molecule has 0 spiro atoms. The summed E-state index contributed by atoms with van der Waals surface area (Å²) in [7, 11) is 0. The second-order valence-corrected chi connectivity index (χ2v) is 7.46. The van der Waals surface area contributed by atoms with Crippen LogP contribution in [0.15, 0.2) is 51.4 Å². The number of benzene rings is 2. The molecule has 4 rings (SSSR count). The van der Waals surface area contributed by atoms with Crippen LogP contribution < -0.4 is 5.56 Å². The van der Waals surface area contributed by atoms with E-state index < -0.39 is 23.0 Å². The largest absolute Gasteiger partial charge is 0.493 e. The van der Waals surface area contributed by atoms with Crippen LogP contribution >= 0.6 is 11.6 Å². The molecule has 1 aliphatic rings. The molecule has 0 bridgehead atoms. The van der Waals surface area contributed by atoms with Gasteiger partial charge in [-0.2, -0.15) is 5.26 Å². The molecule has 3 aromatic rings. The summed E-state index contributed by atoms with van der Waals surface area (Å²) in [6.07, 6.45) is 0. The van der Waals surface area contributed by atoms with Crippen LogP contribution in [0, 0.1) is 18.3 Å². The minimum atomic E-state index is -0.630. The fourth-order valence-electron chi connectivity index (χ4n) is 3.72. The summed E-state index contributed by atoms with van der Waals surface area (Å²) in [6.45, 7) is 3.23. The summed E-state index contributed by atoms with van der Waals surface area (Å²) in [6, 6.07) is 11.1. The van der Waals surface area contributed by atoms with Gasteiger partial charge in [0.25, 0.3) is 5.56 Å². The predicted molar refractivity (Wildman–Crippen MR) is 116 cm³/mol. The Kier molecular flexibility index (Phi) is 5.20. The summed E-state index contributed by atoms with van der Waals surface area (Å²) in [5.41, 5.74) is -0.107. The minimum Gasteiger partial charge on any atom is -0.493 e. The van der Waals surface area contributed by atoms with Crippen molar-refractivity contribution >= 4 is 34.5 Å². The highest BCUT2D eigenvalue weighted by Gasteiger charge is 2.33. The van der Waals surface area contributed by atoms with Crippen molar-refractivity contribution < 1.29 is 14.7 Å². The van der Waals surface area contributed by atoms with E-state index in [2.05, 4.69) is 10.2 Å². The van der Waals surface area contributed by atoms with E-state index in [1.807, 2.05) is 6.07 Å². The monoisotopic (exact) mass is 446 g/mol. The van der Waals surface area contributed by atoms with Crippen LogP contribution in [-0.2, 0) is 6.54 Å².